The molecule has 0 radical (unpaired) electrons. The smallest absolute Gasteiger partial charge is 0.230 e. The Morgan fingerprint density at radius 1 is 1.00 bits per heavy atom. The number of rotatable bonds is 9. The summed E-state index contributed by atoms with van der Waals surface area (Å²) in [6, 6.07) is 15.4. The second-order valence-electron chi connectivity index (χ2n) is 9.87. The van der Waals surface area contributed by atoms with Crippen LogP contribution in [0.4, 0.5) is 0 Å². The highest BCUT2D eigenvalue weighted by molar-refractivity contribution is 7.99. The lowest BCUT2D eigenvalue weighted by Crippen LogP contribution is -2.27. The molecule has 1 aromatic heterocycles. The Hall–Kier alpha value is -2.60. The van der Waals surface area contributed by atoms with Crippen LogP contribution in [0.25, 0.3) is 10.8 Å². The molecular weight excluding hydrogens is 452 g/mol. The van der Waals surface area contributed by atoms with Gasteiger partial charge in [0.1, 0.15) is 5.82 Å². The fourth-order valence-electron chi connectivity index (χ4n) is 5.52. The quantitative estimate of drug-likeness (QED) is 0.271. The van der Waals surface area contributed by atoms with Crippen LogP contribution in [0.3, 0.4) is 0 Å². The molecule has 2 aliphatic carbocycles. The standard InChI is InChI=1S/C29H36N4OS/c34-28(30-19-18-22-10-3-1-4-11-22)21-35-29-32-31-27(33(29)25-15-5-2-6-16-25)20-24-14-9-13-23-12-7-8-17-26(23)24/h7-10,12-14,17,25H,1-6,11,15-16,18-21H2,(H,30,34). The minimum Gasteiger partial charge on any atom is -0.355 e. The van der Waals surface area contributed by atoms with Crippen LogP contribution in [0.5, 0.6) is 0 Å². The third-order valence-corrected chi connectivity index (χ3v) is 8.33. The minimum atomic E-state index is 0.0835. The van der Waals surface area contributed by atoms with Crippen molar-refractivity contribution >= 4 is 28.4 Å². The van der Waals surface area contributed by atoms with Crippen LogP contribution in [0.2, 0.25) is 0 Å². The Morgan fingerprint density at radius 2 is 1.86 bits per heavy atom. The van der Waals surface area contributed by atoms with E-state index in [1.807, 2.05) is 0 Å². The minimum absolute atomic E-state index is 0.0835. The van der Waals surface area contributed by atoms with Gasteiger partial charge in [-0.2, -0.15) is 0 Å². The number of allylic oxidation sites excluding steroid dienone is 1. The van der Waals surface area contributed by atoms with Gasteiger partial charge in [0, 0.05) is 19.0 Å². The maximum Gasteiger partial charge on any atom is 0.230 e. The topological polar surface area (TPSA) is 59.8 Å². The maximum absolute atomic E-state index is 12.6. The Bertz CT molecular complexity index is 1170. The summed E-state index contributed by atoms with van der Waals surface area (Å²) in [6.07, 6.45) is 15.2. The summed E-state index contributed by atoms with van der Waals surface area (Å²) in [5, 5.41) is 15.7. The molecule has 3 aromatic rings. The monoisotopic (exact) mass is 488 g/mol. The predicted octanol–water partition coefficient (Wildman–Crippen LogP) is 6.63. The van der Waals surface area contributed by atoms with E-state index in [-0.39, 0.29) is 5.91 Å². The molecule has 2 aliphatic rings. The lowest BCUT2D eigenvalue weighted by Gasteiger charge is -2.25. The van der Waals surface area contributed by atoms with Crippen molar-refractivity contribution in [1.82, 2.24) is 20.1 Å². The molecule has 0 unspecified atom stereocenters. The summed E-state index contributed by atoms with van der Waals surface area (Å²) in [6.45, 7) is 0.729. The summed E-state index contributed by atoms with van der Waals surface area (Å²) >= 11 is 1.53. The van der Waals surface area contributed by atoms with Crippen molar-refractivity contribution in [2.24, 2.45) is 0 Å². The second-order valence-corrected chi connectivity index (χ2v) is 10.8. The van der Waals surface area contributed by atoms with Gasteiger partial charge < -0.3 is 9.88 Å². The highest BCUT2D eigenvalue weighted by Crippen LogP contribution is 2.34. The Kier molecular flexibility index (Phi) is 8.19. The van der Waals surface area contributed by atoms with Crippen molar-refractivity contribution in [3.05, 3.63) is 65.5 Å². The summed E-state index contributed by atoms with van der Waals surface area (Å²) < 4.78 is 2.35. The van der Waals surface area contributed by atoms with Gasteiger partial charge in [-0.1, -0.05) is 85.1 Å². The van der Waals surface area contributed by atoms with E-state index in [4.69, 9.17) is 0 Å². The van der Waals surface area contributed by atoms with Gasteiger partial charge in [-0.15, -0.1) is 10.2 Å². The largest absolute Gasteiger partial charge is 0.355 e. The summed E-state index contributed by atoms with van der Waals surface area (Å²) in [5.41, 5.74) is 2.78. The molecule has 0 spiro atoms. The number of thioether (sulfide) groups is 1. The highest BCUT2D eigenvalue weighted by Gasteiger charge is 2.24. The van der Waals surface area contributed by atoms with Crippen LogP contribution >= 0.6 is 11.8 Å². The lowest BCUT2D eigenvalue weighted by molar-refractivity contribution is -0.118. The van der Waals surface area contributed by atoms with Crippen LogP contribution in [0.15, 0.2) is 59.3 Å². The zero-order valence-corrected chi connectivity index (χ0v) is 21.4. The van der Waals surface area contributed by atoms with Gasteiger partial charge in [0.25, 0.3) is 0 Å². The van der Waals surface area contributed by atoms with Gasteiger partial charge in [0.05, 0.1) is 5.75 Å². The molecule has 5 nitrogen and oxygen atoms in total. The molecular formula is C29H36N4OS. The Morgan fingerprint density at radius 3 is 2.71 bits per heavy atom. The molecule has 1 saturated carbocycles. The van der Waals surface area contributed by atoms with E-state index in [1.54, 1.807) is 0 Å². The molecule has 1 amide bonds. The molecule has 184 valence electrons. The van der Waals surface area contributed by atoms with Crippen molar-refractivity contribution in [3.63, 3.8) is 0 Å². The third kappa shape index (κ3) is 6.16. The Balaban J connectivity index is 1.27. The molecule has 35 heavy (non-hydrogen) atoms. The molecule has 2 aromatic carbocycles. The molecule has 1 N–H and O–H groups in total. The van der Waals surface area contributed by atoms with E-state index in [0.717, 1.165) is 43.2 Å². The van der Waals surface area contributed by atoms with Crippen LogP contribution in [-0.4, -0.2) is 33.0 Å². The lowest BCUT2D eigenvalue weighted by atomic mass is 9.95. The molecule has 5 rings (SSSR count). The molecule has 0 atom stereocenters. The average Bonchev–Trinajstić information content (AvgIpc) is 3.31. The first kappa shape index (κ1) is 24.1. The SMILES string of the molecule is O=C(CSc1nnc(Cc2cccc3ccccc23)n1C1CCCCC1)NCCC1=CCCCC1. The number of hydrogen-bond donors (Lipinski definition) is 1. The van der Waals surface area contributed by atoms with Crippen LogP contribution in [-0.2, 0) is 11.2 Å². The number of nitrogens with one attached hydrogen (secondary N) is 1. The van der Waals surface area contributed by atoms with E-state index in [9.17, 15) is 4.79 Å². The van der Waals surface area contributed by atoms with E-state index in [1.165, 1.54) is 78.6 Å². The molecule has 6 heteroatoms. The molecule has 0 aliphatic heterocycles. The van der Waals surface area contributed by atoms with E-state index in [2.05, 4.69) is 68.6 Å². The first-order valence-electron chi connectivity index (χ1n) is 13.3. The number of amides is 1. The maximum atomic E-state index is 12.6. The average molecular weight is 489 g/mol. The van der Waals surface area contributed by atoms with Crippen molar-refractivity contribution < 1.29 is 4.79 Å². The van der Waals surface area contributed by atoms with Crippen LogP contribution in [0, 0.1) is 0 Å². The van der Waals surface area contributed by atoms with Crippen molar-refractivity contribution in [1.29, 1.82) is 0 Å². The van der Waals surface area contributed by atoms with Crippen LogP contribution < -0.4 is 5.32 Å². The normalized spacial score (nSPS) is 16.9. The van der Waals surface area contributed by atoms with Gasteiger partial charge in [0.15, 0.2) is 5.16 Å². The Labute approximate surface area is 212 Å². The fraction of sp³-hybridized carbons (Fsp3) is 0.483. The number of nitrogens with zero attached hydrogens (tertiary/aromatic N) is 3. The van der Waals surface area contributed by atoms with Gasteiger partial charge >= 0.3 is 0 Å². The fourth-order valence-corrected chi connectivity index (χ4v) is 6.38. The van der Waals surface area contributed by atoms with Gasteiger partial charge in [-0.05, 0) is 61.3 Å². The number of carbonyl (C=O) groups excluding carboxylic acids is 1. The predicted molar refractivity (Wildman–Crippen MR) is 144 cm³/mol. The zero-order valence-electron chi connectivity index (χ0n) is 20.5. The van der Waals surface area contributed by atoms with E-state index in [0.29, 0.717) is 11.8 Å². The van der Waals surface area contributed by atoms with Gasteiger partial charge in [0.2, 0.25) is 5.91 Å². The van der Waals surface area contributed by atoms with Crippen molar-refractivity contribution in [2.45, 2.75) is 81.8 Å². The number of fused-ring (bicyclic) bond motifs is 1. The third-order valence-electron chi connectivity index (χ3n) is 7.39. The molecule has 1 fully saturated rings. The summed E-state index contributed by atoms with van der Waals surface area (Å²) in [4.78, 5) is 12.6. The van der Waals surface area contributed by atoms with Gasteiger partial charge in [-0.25, -0.2) is 0 Å². The molecule has 0 saturated heterocycles. The van der Waals surface area contributed by atoms with E-state index < -0.39 is 0 Å². The highest BCUT2D eigenvalue weighted by atomic mass is 32.2. The van der Waals surface area contributed by atoms with Gasteiger partial charge in [-0.3, -0.25) is 4.79 Å². The summed E-state index contributed by atoms with van der Waals surface area (Å²) in [7, 11) is 0. The number of aromatic nitrogens is 3. The van der Waals surface area contributed by atoms with Crippen molar-refractivity contribution in [3.8, 4) is 0 Å². The number of hydrogen-bond acceptors (Lipinski definition) is 4. The van der Waals surface area contributed by atoms with Crippen LogP contribution in [0.1, 0.15) is 81.6 Å². The molecule has 1 heterocycles. The summed E-state index contributed by atoms with van der Waals surface area (Å²) in [5.74, 6) is 1.48. The van der Waals surface area contributed by atoms with E-state index >= 15 is 0 Å². The molecule has 0 bridgehead atoms. The number of benzene rings is 2. The first-order chi connectivity index (χ1) is 17.3. The second kappa shape index (κ2) is 11.9. The number of carbonyl (C=O) groups is 1. The van der Waals surface area contributed by atoms with Crippen molar-refractivity contribution in [2.75, 3.05) is 12.3 Å². The first-order valence-corrected chi connectivity index (χ1v) is 14.2. The zero-order chi connectivity index (χ0) is 23.9.